The smallest absolute Gasteiger partial charge is 0.136 e. The quantitative estimate of drug-likeness (QED) is 0.316. The molecule has 0 N–H and O–H groups in total. The van der Waals surface area contributed by atoms with Gasteiger partial charge in [0.25, 0.3) is 0 Å². The van der Waals surface area contributed by atoms with Crippen LogP contribution >= 0.6 is 0 Å². The fourth-order valence-corrected chi connectivity index (χ4v) is 4.10. The average Bonchev–Trinajstić information content (AvgIpc) is 3.08. The molecule has 2 nitrogen and oxygen atoms in total. The standard InChI is InChI=1S/C23H21NO/c1-23(2,3)18-10-7-9-15-16-13-21-17(12-19(16)24(4)22(15)18)14-8-5-6-11-20(14)25-21/h5-13H,1-4H3. The number of benzene rings is 3. The molecule has 0 aliphatic carbocycles. The summed E-state index contributed by atoms with van der Waals surface area (Å²) in [7, 11) is 2.17. The van der Waals surface area contributed by atoms with Crippen molar-refractivity contribution in [2.45, 2.75) is 26.2 Å². The van der Waals surface area contributed by atoms with Gasteiger partial charge in [-0.15, -0.1) is 0 Å². The summed E-state index contributed by atoms with van der Waals surface area (Å²) in [4.78, 5) is 0. The minimum absolute atomic E-state index is 0.105. The summed E-state index contributed by atoms with van der Waals surface area (Å²) in [5.74, 6) is 0. The molecule has 0 spiro atoms. The van der Waals surface area contributed by atoms with E-state index in [9.17, 15) is 0 Å². The Hall–Kier alpha value is -2.74. The Kier molecular flexibility index (Phi) is 2.72. The first-order valence-electron chi connectivity index (χ1n) is 8.78. The van der Waals surface area contributed by atoms with Crippen LogP contribution in [0.15, 0.2) is 59.0 Å². The van der Waals surface area contributed by atoms with Gasteiger partial charge < -0.3 is 8.98 Å². The van der Waals surface area contributed by atoms with Gasteiger partial charge in [-0.05, 0) is 29.2 Å². The van der Waals surface area contributed by atoms with E-state index in [2.05, 4.69) is 74.9 Å². The number of hydrogen-bond donors (Lipinski definition) is 0. The molecule has 0 saturated heterocycles. The summed E-state index contributed by atoms with van der Waals surface area (Å²) in [6.45, 7) is 6.83. The van der Waals surface area contributed by atoms with Crippen molar-refractivity contribution >= 4 is 43.7 Å². The summed E-state index contributed by atoms with van der Waals surface area (Å²) in [6, 6.07) is 19.4. The maximum absolute atomic E-state index is 6.11. The number of para-hydroxylation sites is 2. The highest BCUT2D eigenvalue weighted by atomic mass is 16.3. The Balaban J connectivity index is 2.00. The van der Waals surface area contributed by atoms with Gasteiger partial charge in [-0.2, -0.15) is 0 Å². The molecule has 0 saturated carbocycles. The van der Waals surface area contributed by atoms with Crippen molar-refractivity contribution in [1.82, 2.24) is 4.57 Å². The summed E-state index contributed by atoms with van der Waals surface area (Å²) < 4.78 is 8.45. The van der Waals surface area contributed by atoms with Crippen LogP contribution in [0.25, 0.3) is 43.7 Å². The van der Waals surface area contributed by atoms with Crippen molar-refractivity contribution in [2.75, 3.05) is 0 Å². The SMILES string of the molecule is Cn1c2cc3c(cc2c2cccc(C(C)(C)C)c21)oc1ccccc13. The van der Waals surface area contributed by atoms with E-state index in [1.165, 1.54) is 38.1 Å². The lowest BCUT2D eigenvalue weighted by Crippen LogP contribution is -2.12. The number of fused-ring (bicyclic) bond motifs is 6. The van der Waals surface area contributed by atoms with Crippen LogP contribution in [0.5, 0.6) is 0 Å². The van der Waals surface area contributed by atoms with Crippen molar-refractivity contribution in [3.8, 4) is 0 Å². The van der Waals surface area contributed by atoms with E-state index in [-0.39, 0.29) is 5.41 Å². The Morgan fingerprint density at radius 1 is 0.760 bits per heavy atom. The zero-order chi connectivity index (χ0) is 17.3. The average molecular weight is 327 g/mol. The highest BCUT2D eigenvalue weighted by Gasteiger charge is 2.21. The van der Waals surface area contributed by atoms with Crippen LogP contribution in [0.4, 0.5) is 0 Å². The largest absolute Gasteiger partial charge is 0.456 e. The molecule has 0 bridgehead atoms. The molecule has 0 fully saturated rings. The molecule has 2 heterocycles. The lowest BCUT2D eigenvalue weighted by Gasteiger charge is -2.21. The molecule has 0 radical (unpaired) electrons. The number of aromatic nitrogens is 1. The van der Waals surface area contributed by atoms with E-state index in [0.717, 1.165) is 11.2 Å². The van der Waals surface area contributed by atoms with Crippen LogP contribution < -0.4 is 0 Å². The number of furan rings is 1. The number of nitrogens with zero attached hydrogens (tertiary/aromatic N) is 1. The van der Waals surface area contributed by atoms with E-state index in [4.69, 9.17) is 4.42 Å². The van der Waals surface area contributed by atoms with E-state index in [1.54, 1.807) is 0 Å². The Morgan fingerprint density at radius 3 is 2.32 bits per heavy atom. The highest BCUT2D eigenvalue weighted by Crippen LogP contribution is 2.39. The Bertz CT molecular complexity index is 1280. The zero-order valence-corrected chi connectivity index (χ0v) is 15.1. The van der Waals surface area contributed by atoms with Gasteiger partial charge in [0.15, 0.2) is 0 Å². The molecule has 3 aromatic carbocycles. The van der Waals surface area contributed by atoms with Crippen LogP contribution in [0.1, 0.15) is 26.3 Å². The second-order valence-corrected chi connectivity index (χ2v) is 7.97. The number of rotatable bonds is 0. The monoisotopic (exact) mass is 327 g/mol. The van der Waals surface area contributed by atoms with E-state index >= 15 is 0 Å². The van der Waals surface area contributed by atoms with Crippen LogP contribution in [0.3, 0.4) is 0 Å². The fourth-order valence-electron chi connectivity index (χ4n) is 4.10. The molecule has 0 unspecified atom stereocenters. The van der Waals surface area contributed by atoms with Crippen LogP contribution in [-0.2, 0) is 12.5 Å². The number of hydrogen-bond acceptors (Lipinski definition) is 1. The lowest BCUT2D eigenvalue weighted by atomic mass is 9.85. The number of aryl methyl sites for hydroxylation is 1. The summed E-state index contributed by atoms with van der Waals surface area (Å²) >= 11 is 0. The fraction of sp³-hybridized carbons (Fsp3) is 0.217. The first-order valence-corrected chi connectivity index (χ1v) is 8.78. The Labute approximate surface area is 146 Å². The third-order valence-corrected chi connectivity index (χ3v) is 5.33. The minimum Gasteiger partial charge on any atom is -0.456 e. The second-order valence-electron chi connectivity index (χ2n) is 7.97. The molecular weight excluding hydrogens is 306 g/mol. The van der Waals surface area contributed by atoms with Gasteiger partial charge in [-0.25, -0.2) is 0 Å². The predicted octanol–water partition coefficient (Wildman–Crippen LogP) is 6.53. The van der Waals surface area contributed by atoms with Gasteiger partial charge in [-0.3, -0.25) is 0 Å². The predicted molar refractivity (Wildman–Crippen MR) is 106 cm³/mol. The third kappa shape index (κ3) is 1.91. The summed E-state index contributed by atoms with van der Waals surface area (Å²) in [6.07, 6.45) is 0. The van der Waals surface area contributed by atoms with E-state index < -0.39 is 0 Å². The van der Waals surface area contributed by atoms with Crippen molar-refractivity contribution in [3.63, 3.8) is 0 Å². The topological polar surface area (TPSA) is 18.1 Å². The first-order chi connectivity index (χ1) is 11.9. The zero-order valence-electron chi connectivity index (χ0n) is 15.1. The molecule has 124 valence electrons. The van der Waals surface area contributed by atoms with Crippen LogP contribution in [0, 0.1) is 0 Å². The van der Waals surface area contributed by atoms with Gasteiger partial charge in [0.05, 0.1) is 5.52 Å². The molecule has 2 aromatic heterocycles. The van der Waals surface area contributed by atoms with Crippen molar-refractivity contribution in [2.24, 2.45) is 7.05 Å². The first kappa shape index (κ1) is 14.6. The Morgan fingerprint density at radius 2 is 1.52 bits per heavy atom. The van der Waals surface area contributed by atoms with E-state index in [1.807, 2.05) is 12.1 Å². The molecule has 0 atom stereocenters. The normalized spacial score (nSPS) is 12.8. The maximum atomic E-state index is 6.11. The third-order valence-electron chi connectivity index (χ3n) is 5.33. The minimum atomic E-state index is 0.105. The van der Waals surface area contributed by atoms with Gasteiger partial charge in [0.2, 0.25) is 0 Å². The van der Waals surface area contributed by atoms with Gasteiger partial charge in [-0.1, -0.05) is 57.2 Å². The van der Waals surface area contributed by atoms with Crippen molar-refractivity contribution in [1.29, 1.82) is 0 Å². The molecule has 2 heteroatoms. The molecule has 5 aromatic rings. The maximum Gasteiger partial charge on any atom is 0.136 e. The molecule has 0 amide bonds. The lowest BCUT2D eigenvalue weighted by molar-refractivity contribution is 0.593. The van der Waals surface area contributed by atoms with Gasteiger partial charge in [0.1, 0.15) is 11.2 Å². The molecular formula is C23H21NO. The van der Waals surface area contributed by atoms with Crippen LogP contribution in [0.2, 0.25) is 0 Å². The van der Waals surface area contributed by atoms with Gasteiger partial charge in [0, 0.05) is 34.1 Å². The van der Waals surface area contributed by atoms with Crippen molar-refractivity contribution < 1.29 is 4.42 Å². The molecule has 5 rings (SSSR count). The molecule has 0 aliphatic heterocycles. The second kappa shape index (κ2) is 4.66. The highest BCUT2D eigenvalue weighted by molar-refractivity contribution is 6.16. The van der Waals surface area contributed by atoms with Gasteiger partial charge >= 0.3 is 0 Å². The van der Waals surface area contributed by atoms with Crippen molar-refractivity contribution in [3.05, 3.63) is 60.2 Å². The van der Waals surface area contributed by atoms with E-state index in [0.29, 0.717) is 0 Å². The molecule has 25 heavy (non-hydrogen) atoms. The summed E-state index contributed by atoms with van der Waals surface area (Å²) in [5, 5.41) is 4.93. The summed E-state index contributed by atoms with van der Waals surface area (Å²) in [5.41, 5.74) is 5.97. The molecule has 0 aliphatic rings. The van der Waals surface area contributed by atoms with Crippen LogP contribution in [-0.4, -0.2) is 4.57 Å².